The largest absolute Gasteiger partial charge is 0.378 e. The molecule has 2 aromatic carbocycles. The predicted octanol–water partition coefficient (Wildman–Crippen LogP) is 2.83. The molecule has 162 valence electrons. The molecule has 1 aliphatic heterocycles. The number of benzene rings is 2. The molecule has 31 heavy (non-hydrogen) atoms. The van der Waals surface area contributed by atoms with Crippen LogP contribution in [0.5, 0.6) is 0 Å². The maximum Gasteiger partial charge on any atom is 0.272 e. The Morgan fingerprint density at radius 3 is 2.52 bits per heavy atom. The summed E-state index contributed by atoms with van der Waals surface area (Å²) in [7, 11) is 1.80. The minimum Gasteiger partial charge on any atom is -0.378 e. The molecule has 7 nitrogen and oxygen atoms in total. The highest BCUT2D eigenvalue weighted by molar-refractivity contribution is 5.97. The highest BCUT2D eigenvalue weighted by Gasteiger charge is 2.16. The van der Waals surface area contributed by atoms with Crippen molar-refractivity contribution in [2.45, 2.75) is 26.9 Å². The molecular weight excluding hydrogens is 392 g/mol. The molecule has 1 amide bonds. The van der Waals surface area contributed by atoms with E-state index in [2.05, 4.69) is 34.1 Å². The van der Waals surface area contributed by atoms with Crippen LogP contribution in [0, 0.1) is 6.92 Å². The molecule has 1 fully saturated rings. The van der Waals surface area contributed by atoms with Crippen LogP contribution in [0.3, 0.4) is 0 Å². The van der Waals surface area contributed by atoms with Gasteiger partial charge in [0.05, 0.1) is 24.2 Å². The molecule has 1 aliphatic rings. The Hall–Kier alpha value is -3.19. The summed E-state index contributed by atoms with van der Waals surface area (Å²) in [5.74, 6) is -0.0761. The molecule has 0 bridgehead atoms. The summed E-state index contributed by atoms with van der Waals surface area (Å²) in [6.45, 7) is 8.03. The molecule has 0 radical (unpaired) electrons. The Balaban J connectivity index is 1.50. The lowest BCUT2D eigenvalue weighted by Gasteiger charge is -2.29. The monoisotopic (exact) mass is 420 g/mol. The van der Waals surface area contributed by atoms with Crippen molar-refractivity contribution in [3.63, 3.8) is 0 Å². The van der Waals surface area contributed by atoms with Crippen molar-refractivity contribution < 1.29 is 9.53 Å². The first kappa shape index (κ1) is 21.1. The first-order valence-electron chi connectivity index (χ1n) is 10.7. The fraction of sp³-hybridized carbons (Fsp3) is 0.375. The summed E-state index contributed by atoms with van der Waals surface area (Å²) in [4.78, 5) is 33.7. The van der Waals surface area contributed by atoms with Gasteiger partial charge in [-0.2, -0.15) is 0 Å². The number of aromatic nitrogens is 2. The normalized spacial score (nSPS) is 14.1. The van der Waals surface area contributed by atoms with E-state index in [1.807, 2.05) is 13.0 Å². The number of nitrogens with zero attached hydrogens (tertiary/aromatic N) is 4. The summed E-state index contributed by atoms with van der Waals surface area (Å²) >= 11 is 0. The van der Waals surface area contributed by atoms with Crippen LogP contribution in [-0.4, -0.2) is 53.7 Å². The third-order valence-corrected chi connectivity index (χ3v) is 5.75. The second-order valence-corrected chi connectivity index (χ2v) is 7.88. The van der Waals surface area contributed by atoms with E-state index in [1.165, 1.54) is 5.69 Å². The molecular formula is C24H28N4O3. The van der Waals surface area contributed by atoms with Crippen LogP contribution in [0.15, 0.2) is 47.3 Å². The Morgan fingerprint density at radius 2 is 1.84 bits per heavy atom. The van der Waals surface area contributed by atoms with Crippen LogP contribution in [0.1, 0.15) is 28.5 Å². The maximum absolute atomic E-state index is 13.0. The average molecular weight is 421 g/mol. The molecule has 0 unspecified atom stereocenters. The Bertz CT molecular complexity index is 1150. The number of amides is 1. The van der Waals surface area contributed by atoms with Crippen molar-refractivity contribution in [3.8, 4) is 0 Å². The smallest absolute Gasteiger partial charge is 0.272 e. The second-order valence-electron chi connectivity index (χ2n) is 7.88. The number of hydrogen-bond donors (Lipinski definition) is 0. The van der Waals surface area contributed by atoms with Gasteiger partial charge in [-0.1, -0.05) is 12.1 Å². The van der Waals surface area contributed by atoms with E-state index in [-0.39, 0.29) is 11.5 Å². The lowest BCUT2D eigenvalue weighted by Crippen LogP contribution is -2.36. The van der Waals surface area contributed by atoms with Crippen molar-refractivity contribution in [1.82, 2.24) is 14.5 Å². The van der Waals surface area contributed by atoms with E-state index < -0.39 is 0 Å². The number of morpholine rings is 1. The van der Waals surface area contributed by atoms with Gasteiger partial charge in [0.2, 0.25) is 0 Å². The van der Waals surface area contributed by atoms with Crippen molar-refractivity contribution >= 4 is 22.6 Å². The van der Waals surface area contributed by atoms with E-state index >= 15 is 0 Å². The number of carbonyl (C=O) groups excluding carboxylic acids is 1. The topological polar surface area (TPSA) is 67.7 Å². The molecule has 0 N–H and O–H groups in total. The van der Waals surface area contributed by atoms with Gasteiger partial charge in [0.25, 0.3) is 11.5 Å². The number of carbonyl (C=O) groups is 1. The van der Waals surface area contributed by atoms with E-state index in [0.29, 0.717) is 29.9 Å². The Labute approximate surface area is 181 Å². The van der Waals surface area contributed by atoms with Gasteiger partial charge in [0, 0.05) is 44.5 Å². The Kier molecular flexibility index (Phi) is 6.04. The van der Waals surface area contributed by atoms with Crippen LogP contribution in [-0.2, 0) is 17.8 Å². The highest BCUT2D eigenvalue weighted by Crippen LogP contribution is 2.19. The fourth-order valence-electron chi connectivity index (χ4n) is 4.02. The van der Waals surface area contributed by atoms with E-state index in [0.717, 1.165) is 37.4 Å². The molecule has 0 saturated carbocycles. The SMILES string of the molecule is CCn1c(=O)c(C)nc2cc(C(=O)N(C)Cc3ccc(N4CCOCC4)cc3)ccc21. The van der Waals surface area contributed by atoms with Crippen molar-refractivity contribution in [2.24, 2.45) is 0 Å². The van der Waals surface area contributed by atoms with Crippen molar-refractivity contribution in [3.05, 3.63) is 69.6 Å². The van der Waals surface area contributed by atoms with Crippen molar-refractivity contribution in [2.75, 3.05) is 38.3 Å². The van der Waals surface area contributed by atoms with Crippen molar-refractivity contribution in [1.29, 1.82) is 0 Å². The molecule has 7 heteroatoms. The van der Waals surface area contributed by atoms with E-state index in [4.69, 9.17) is 4.74 Å². The highest BCUT2D eigenvalue weighted by atomic mass is 16.5. The summed E-state index contributed by atoms with van der Waals surface area (Å²) in [5, 5.41) is 0. The zero-order valence-corrected chi connectivity index (χ0v) is 18.3. The molecule has 0 aliphatic carbocycles. The maximum atomic E-state index is 13.0. The van der Waals surface area contributed by atoms with Crippen LogP contribution >= 0.6 is 0 Å². The van der Waals surface area contributed by atoms with Gasteiger partial charge in [-0.3, -0.25) is 9.59 Å². The lowest BCUT2D eigenvalue weighted by atomic mass is 10.1. The molecule has 0 atom stereocenters. The predicted molar refractivity (Wildman–Crippen MR) is 122 cm³/mol. The number of fused-ring (bicyclic) bond motifs is 1. The minimum absolute atomic E-state index is 0.0761. The summed E-state index contributed by atoms with van der Waals surface area (Å²) < 4.78 is 7.10. The lowest BCUT2D eigenvalue weighted by molar-refractivity contribution is 0.0785. The number of rotatable bonds is 5. The standard InChI is InChI=1S/C24H28N4O3/c1-4-28-22-10-7-19(15-21(22)25-17(2)23(28)29)24(30)26(3)16-18-5-8-20(9-6-18)27-11-13-31-14-12-27/h5-10,15H,4,11-14,16H2,1-3H3. The van der Waals surface area contributed by atoms with Crippen LogP contribution in [0.4, 0.5) is 5.69 Å². The van der Waals surface area contributed by atoms with Crippen LogP contribution < -0.4 is 10.5 Å². The van der Waals surface area contributed by atoms with E-state index in [1.54, 1.807) is 35.6 Å². The molecule has 1 saturated heterocycles. The minimum atomic E-state index is -0.0910. The number of hydrogen-bond acceptors (Lipinski definition) is 5. The van der Waals surface area contributed by atoms with Gasteiger partial charge >= 0.3 is 0 Å². The summed E-state index contributed by atoms with van der Waals surface area (Å²) in [6, 6.07) is 13.7. The summed E-state index contributed by atoms with van der Waals surface area (Å²) in [6.07, 6.45) is 0. The summed E-state index contributed by atoms with van der Waals surface area (Å²) in [5.41, 5.74) is 4.57. The van der Waals surface area contributed by atoms with Gasteiger partial charge in [0.15, 0.2) is 0 Å². The van der Waals surface area contributed by atoms with Crippen LogP contribution in [0.2, 0.25) is 0 Å². The zero-order chi connectivity index (χ0) is 22.0. The van der Waals surface area contributed by atoms with Gasteiger partial charge in [0.1, 0.15) is 5.69 Å². The zero-order valence-electron chi connectivity index (χ0n) is 18.3. The van der Waals surface area contributed by atoms with Gasteiger partial charge in [-0.15, -0.1) is 0 Å². The van der Waals surface area contributed by atoms with Gasteiger partial charge in [-0.05, 0) is 49.7 Å². The van der Waals surface area contributed by atoms with E-state index in [9.17, 15) is 9.59 Å². The molecule has 1 aromatic heterocycles. The average Bonchev–Trinajstić information content (AvgIpc) is 2.80. The number of ether oxygens (including phenoxy) is 1. The quantitative estimate of drug-likeness (QED) is 0.635. The van der Waals surface area contributed by atoms with Gasteiger partial charge in [-0.25, -0.2) is 4.98 Å². The first-order chi connectivity index (χ1) is 15.0. The number of anilines is 1. The first-order valence-corrected chi connectivity index (χ1v) is 10.7. The fourth-order valence-corrected chi connectivity index (χ4v) is 4.02. The molecule has 0 spiro atoms. The molecule has 2 heterocycles. The third-order valence-electron chi connectivity index (χ3n) is 5.75. The number of aryl methyl sites for hydroxylation is 2. The Morgan fingerprint density at radius 1 is 1.13 bits per heavy atom. The second kappa shape index (κ2) is 8.89. The molecule has 4 rings (SSSR count). The third kappa shape index (κ3) is 4.32. The molecule has 3 aromatic rings. The van der Waals surface area contributed by atoms with Gasteiger partial charge < -0.3 is 19.1 Å². The van der Waals surface area contributed by atoms with Crippen LogP contribution in [0.25, 0.3) is 11.0 Å².